The van der Waals surface area contributed by atoms with Crippen molar-refractivity contribution in [2.75, 3.05) is 0 Å². The number of aryl methyl sites for hydroxylation is 2. The minimum atomic E-state index is 0.932. The summed E-state index contributed by atoms with van der Waals surface area (Å²) in [7, 11) is 0. The summed E-state index contributed by atoms with van der Waals surface area (Å²) >= 11 is 0. The van der Waals surface area contributed by atoms with E-state index < -0.39 is 0 Å². The van der Waals surface area contributed by atoms with Crippen molar-refractivity contribution in [1.29, 1.82) is 0 Å². The molecule has 190 valence electrons. The number of rotatable bonds is 4. The van der Waals surface area contributed by atoms with Crippen molar-refractivity contribution < 1.29 is 0 Å². The van der Waals surface area contributed by atoms with Crippen molar-refractivity contribution >= 4 is 21.8 Å². The molecule has 3 nitrogen and oxygen atoms in total. The highest BCUT2D eigenvalue weighted by Crippen LogP contribution is 2.39. The van der Waals surface area contributed by atoms with Gasteiger partial charge in [0.05, 0.1) is 22.4 Å². The van der Waals surface area contributed by atoms with Crippen LogP contribution < -0.4 is 0 Å². The number of hydrogen-bond donors (Lipinski definition) is 0. The predicted molar refractivity (Wildman–Crippen MR) is 166 cm³/mol. The summed E-state index contributed by atoms with van der Waals surface area (Å²) in [6.07, 6.45) is 0. The van der Waals surface area contributed by atoms with Crippen molar-refractivity contribution in [3.05, 3.63) is 139 Å². The highest BCUT2D eigenvalue weighted by atomic mass is 14.8. The summed E-state index contributed by atoms with van der Waals surface area (Å²) in [5, 5.41) is 2.19. The molecule has 0 spiro atoms. The van der Waals surface area contributed by atoms with Gasteiger partial charge in [-0.25, -0.2) is 4.98 Å². The minimum absolute atomic E-state index is 0.932. The van der Waals surface area contributed by atoms with Gasteiger partial charge < -0.3 is 0 Å². The van der Waals surface area contributed by atoms with Gasteiger partial charge >= 0.3 is 0 Å². The van der Waals surface area contributed by atoms with E-state index >= 15 is 0 Å². The number of hydrogen-bond acceptors (Lipinski definition) is 3. The monoisotopic (exact) mass is 513 g/mol. The molecule has 0 aliphatic carbocycles. The normalized spacial score (nSPS) is 11.2. The molecule has 3 aromatic heterocycles. The summed E-state index contributed by atoms with van der Waals surface area (Å²) < 4.78 is 0. The second kappa shape index (κ2) is 9.87. The summed E-state index contributed by atoms with van der Waals surface area (Å²) in [6.45, 7) is 4.09. The molecule has 3 heteroatoms. The van der Waals surface area contributed by atoms with Crippen LogP contribution in [0.3, 0.4) is 0 Å². The van der Waals surface area contributed by atoms with Crippen molar-refractivity contribution in [2.45, 2.75) is 13.8 Å². The lowest BCUT2D eigenvalue weighted by Gasteiger charge is -2.16. The maximum Gasteiger partial charge on any atom is 0.0974 e. The Hall–Kier alpha value is -5.15. The number of aromatic nitrogens is 3. The van der Waals surface area contributed by atoms with E-state index in [1.54, 1.807) is 0 Å². The van der Waals surface area contributed by atoms with E-state index in [-0.39, 0.29) is 0 Å². The summed E-state index contributed by atoms with van der Waals surface area (Å²) in [5.74, 6) is 0. The highest BCUT2D eigenvalue weighted by molar-refractivity contribution is 6.09. The average Bonchev–Trinajstić information content (AvgIpc) is 3.01. The standard InChI is InChI=1S/C37H27N3/c1-24-17-18-28-19-20-32-33(21-25(2)39-37(32)36(28)38-24)30-15-9-10-16-31(30)35-23-29(26-11-5-3-6-12-26)22-34(40-35)27-13-7-4-8-14-27/h3-23H,1-2H3. The molecule has 4 aromatic carbocycles. The smallest absolute Gasteiger partial charge is 0.0974 e. The summed E-state index contributed by atoms with van der Waals surface area (Å²) in [6, 6.07) is 44.5. The molecule has 0 fully saturated rings. The Morgan fingerprint density at radius 2 is 1.02 bits per heavy atom. The van der Waals surface area contributed by atoms with Crippen LogP contribution in [0.2, 0.25) is 0 Å². The van der Waals surface area contributed by atoms with Crippen molar-refractivity contribution in [1.82, 2.24) is 15.0 Å². The molecule has 3 heterocycles. The molecule has 40 heavy (non-hydrogen) atoms. The van der Waals surface area contributed by atoms with E-state index in [9.17, 15) is 0 Å². The van der Waals surface area contributed by atoms with E-state index in [0.717, 1.165) is 72.4 Å². The van der Waals surface area contributed by atoms with Gasteiger partial charge in [-0.15, -0.1) is 0 Å². The van der Waals surface area contributed by atoms with Gasteiger partial charge in [-0.05, 0) is 60.4 Å². The molecule has 0 unspecified atom stereocenters. The molecule has 0 bridgehead atoms. The minimum Gasteiger partial charge on any atom is -0.251 e. The summed E-state index contributed by atoms with van der Waals surface area (Å²) in [5.41, 5.74) is 12.5. The fourth-order valence-corrected chi connectivity index (χ4v) is 5.48. The Balaban J connectivity index is 1.49. The third kappa shape index (κ3) is 4.32. The van der Waals surface area contributed by atoms with Crippen LogP contribution in [0.1, 0.15) is 11.4 Å². The Labute approximate surface area is 233 Å². The van der Waals surface area contributed by atoms with E-state index in [1.165, 1.54) is 5.56 Å². The van der Waals surface area contributed by atoms with Crippen LogP contribution in [0.15, 0.2) is 127 Å². The number of benzene rings is 4. The first-order valence-electron chi connectivity index (χ1n) is 13.5. The third-order valence-electron chi connectivity index (χ3n) is 7.40. The number of pyridine rings is 3. The lowest BCUT2D eigenvalue weighted by atomic mass is 9.92. The number of fused-ring (bicyclic) bond motifs is 3. The Kier molecular flexibility index (Phi) is 5.90. The molecule has 0 amide bonds. The molecule has 0 atom stereocenters. The zero-order valence-electron chi connectivity index (χ0n) is 22.5. The Bertz CT molecular complexity index is 1950. The van der Waals surface area contributed by atoms with Crippen LogP contribution in [-0.4, -0.2) is 15.0 Å². The molecular formula is C37H27N3. The fraction of sp³-hybridized carbons (Fsp3) is 0.0541. The first kappa shape index (κ1) is 23.9. The molecule has 0 aliphatic rings. The molecule has 7 aromatic rings. The molecular weight excluding hydrogens is 486 g/mol. The Morgan fingerprint density at radius 3 is 1.80 bits per heavy atom. The molecule has 0 aliphatic heterocycles. The maximum absolute atomic E-state index is 5.22. The van der Waals surface area contributed by atoms with Gasteiger partial charge in [-0.2, -0.15) is 0 Å². The summed E-state index contributed by atoms with van der Waals surface area (Å²) in [4.78, 5) is 15.1. The topological polar surface area (TPSA) is 38.7 Å². The van der Waals surface area contributed by atoms with Crippen LogP contribution >= 0.6 is 0 Å². The number of nitrogens with zero attached hydrogens (tertiary/aromatic N) is 3. The molecule has 0 N–H and O–H groups in total. The van der Waals surface area contributed by atoms with Gasteiger partial charge in [0.1, 0.15) is 0 Å². The molecule has 0 radical (unpaired) electrons. The van der Waals surface area contributed by atoms with Gasteiger partial charge in [-0.1, -0.05) is 103 Å². The first-order chi connectivity index (χ1) is 19.6. The molecule has 0 saturated heterocycles. The maximum atomic E-state index is 5.22. The van der Waals surface area contributed by atoms with Gasteiger partial charge in [0.25, 0.3) is 0 Å². The molecule has 7 rings (SSSR count). The van der Waals surface area contributed by atoms with Crippen molar-refractivity contribution in [2.24, 2.45) is 0 Å². The predicted octanol–water partition coefficient (Wildman–Crippen LogP) is 9.46. The second-order valence-electron chi connectivity index (χ2n) is 10.2. The van der Waals surface area contributed by atoms with Crippen LogP contribution in [-0.2, 0) is 0 Å². The van der Waals surface area contributed by atoms with Gasteiger partial charge in [-0.3, -0.25) is 9.97 Å². The van der Waals surface area contributed by atoms with E-state index in [1.807, 2.05) is 13.0 Å². The van der Waals surface area contributed by atoms with E-state index in [0.29, 0.717) is 0 Å². The molecule has 0 saturated carbocycles. The van der Waals surface area contributed by atoms with Crippen LogP contribution in [0.4, 0.5) is 0 Å². The van der Waals surface area contributed by atoms with Crippen LogP contribution in [0.25, 0.3) is 66.6 Å². The SMILES string of the molecule is Cc1ccc2ccc3c(-c4ccccc4-c4cc(-c5ccccc5)cc(-c5ccccc5)n4)cc(C)nc3c2n1. The van der Waals surface area contributed by atoms with Gasteiger partial charge in [0.15, 0.2) is 0 Å². The fourth-order valence-electron chi connectivity index (χ4n) is 5.48. The largest absolute Gasteiger partial charge is 0.251 e. The van der Waals surface area contributed by atoms with E-state index in [2.05, 4.69) is 128 Å². The van der Waals surface area contributed by atoms with Gasteiger partial charge in [0.2, 0.25) is 0 Å². The zero-order chi connectivity index (χ0) is 27.1. The third-order valence-corrected chi connectivity index (χ3v) is 7.40. The lowest BCUT2D eigenvalue weighted by Crippen LogP contribution is -1.96. The van der Waals surface area contributed by atoms with E-state index in [4.69, 9.17) is 15.0 Å². The average molecular weight is 514 g/mol. The quantitative estimate of drug-likeness (QED) is 0.220. The lowest BCUT2D eigenvalue weighted by molar-refractivity contribution is 1.23. The Morgan fingerprint density at radius 1 is 0.400 bits per heavy atom. The zero-order valence-corrected chi connectivity index (χ0v) is 22.5. The van der Waals surface area contributed by atoms with Gasteiger partial charge in [0, 0.05) is 33.3 Å². The first-order valence-corrected chi connectivity index (χ1v) is 13.5. The van der Waals surface area contributed by atoms with Crippen molar-refractivity contribution in [3.63, 3.8) is 0 Å². The van der Waals surface area contributed by atoms with Crippen LogP contribution in [0.5, 0.6) is 0 Å². The van der Waals surface area contributed by atoms with Crippen LogP contribution in [0, 0.1) is 13.8 Å². The second-order valence-corrected chi connectivity index (χ2v) is 10.2. The van der Waals surface area contributed by atoms with Crippen molar-refractivity contribution in [3.8, 4) is 44.8 Å². The highest BCUT2D eigenvalue weighted by Gasteiger charge is 2.16.